The van der Waals surface area contributed by atoms with E-state index in [1.807, 2.05) is 42.7 Å². The Bertz CT molecular complexity index is 4410. The molecule has 0 bridgehead atoms. The fraction of sp³-hybridized carbons (Fsp3) is 0.695. The summed E-state index contributed by atoms with van der Waals surface area (Å²) in [6.07, 6.45) is 12.9. The van der Waals surface area contributed by atoms with Crippen molar-refractivity contribution in [1.82, 2.24) is 30.4 Å². The number of rotatable bonds is 79. The molecule has 5 rings (SSSR count). The fourth-order valence-electron chi connectivity index (χ4n) is 12.5. The van der Waals surface area contributed by atoms with Gasteiger partial charge in [-0.3, -0.25) is 24.1 Å². The Balaban J connectivity index is 0.000000933. The van der Waals surface area contributed by atoms with E-state index >= 15 is 0 Å². The van der Waals surface area contributed by atoms with Crippen molar-refractivity contribution < 1.29 is 195 Å². The molecule has 3 N–H and O–H groups in total. The van der Waals surface area contributed by atoms with Crippen LogP contribution in [0.25, 0.3) is 0 Å². The van der Waals surface area contributed by atoms with Gasteiger partial charge in [-0.25, -0.2) is 33.8 Å². The molecule has 0 spiro atoms. The van der Waals surface area contributed by atoms with Crippen molar-refractivity contribution in [2.75, 3.05) is 164 Å². The number of amides is 4. The maximum atomic E-state index is 12.6. The van der Waals surface area contributed by atoms with Gasteiger partial charge in [-0.15, -0.1) is 101 Å². The Morgan fingerprint density at radius 2 is 0.805 bits per heavy atom. The zero-order valence-corrected chi connectivity index (χ0v) is 82.3. The van der Waals surface area contributed by atoms with Gasteiger partial charge in [0.05, 0.1) is 137 Å². The molecular weight excluding hydrogens is 2040 g/mol. The van der Waals surface area contributed by atoms with Gasteiger partial charge in [0, 0.05) is 44.2 Å². The van der Waals surface area contributed by atoms with Crippen LogP contribution in [0, 0.1) is 107 Å². The highest BCUT2D eigenvalue weighted by molar-refractivity contribution is 7.98. The second-order valence-electron chi connectivity index (χ2n) is 30.5. The van der Waals surface area contributed by atoms with E-state index in [-0.39, 0.29) is 183 Å². The van der Waals surface area contributed by atoms with Crippen LogP contribution in [-0.4, -0.2) is 318 Å². The highest BCUT2D eigenvalue weighted by atomic mass is 32.2. The fourth-order valence-corrected chi connectivity index (χ4v) is 13.0. The van der Waals surface area contributed by atoms with E-state index in [4.69, 9.17) is 47.4 Å². The van der Waals surface area contributed by atoms with Gasteiger partial charge in [0.1, 0.15) is 50.3 Å². The Hall–Kier alpha value is -15.8. The summed E-state index contributed by atoms with van der Waals surface area (Å²) in [5.74, 6) is -3.28. The number of likely N-dealkylation sites (tertiary alicyclic amines) is 2. The van der Waals surface area contributed by atoms with Crippen molar-refractivity contribution in [1.29, 1.82) is 0 Å². The van der Waals surface area contributed by atoms with Crippen LogP contribution in [0.15, 0.2) is 67.1 Å². The summed E-state index contributed by atoms with van der Waals surface area (Å²) in [5.41, 5.74) is 2.43. The lowest BCUT2D eigenvalue weighted by atomic mass is 10.00. The molecule has 67 heteroatoms. The molecule has 0 saturated carbocycles. The van der Waals surface area contributed by atoms with Crippen molar-refractivity contribution in [2.24, 2.45) is 5.92 Å². The van der Waals surface area contributed by atoms with Crippen molar-refractivity contribution in [2.45, 2.75) is 198 Å². The Labute approximate surface area is 851 Å². The van der Waals surface area contributed by atoms with E-state index in [2.05, 4.69) is 69.0 Å². The normalized spacial score (nSPS) is 12.9. The molecule has 2 fully saturated rings. The first kappa shape index (κ1) is 131. The van der Waals surface area contributed by atoms with Crippen LogP contribution in [0.3, 0.4) is 0 Å². The van der Waals surface area contributed by atoms with E-state index in [0.29, 0.717) is 165 Å². The zero-order chi connectivity index (χ0) is 110. The summed E-state index contributed by atoms with van der Waals surface area (Å²) in [6, 6.07) is 13.1. The molecule has 4 amide bonds. The number of carbonyl (C=O) groups excluding carboxylic acids is 10. The van der Waals surface area contributed by atoms with Gasteiger partial charge in [-0.1, -0.05) is 48.9 Å². The average Bonchev–Trinajstić information content (AvgIpc) is 1.57. The molecule has 1 aromatic heterocycles. The van der Waals surface area contributed by atoms with Gasteiger partial charge in [0.2, 0.25) is 5.91 Å². The summed E-state index contributed by atoms with van der Waals surface area (Å²) < 4.78 is 50.8. The number of hydrogen-bond donors (Lipinski definition) is 3. The first-order valence-electron chi connectivity index (χ1n) is 46.4. The third-order valence-corrected chi connectivity index (χ3v) is 20.0. The number of unbranched alkanes of at least 4 members (excludes halogenated alkanes) is 7. The maximum absolute atomic E-state index is 12.6. The molecule has 0 radical (unpaired) electrons. The molecule has 5 atom stereocenters. The second-order valence-corrected chi connectivity index (χ2v) is 31.5. The van der Waals surface area contributed by atoms with Crippen molar-refractivity contribution in [3.8, 4) is 5.75 Å². The molecule has 2 aliphatic rings. The van der Waals surface area contributed by atoms with Gasteiger partial charge in [0.25, 0.3) is 50.9 Å². The minimum atomic E-state index is -0.978. The number of carbonyl (C=O) groups is 10. The Kier molecular flexibility index (Phi) is 74.4. The van der Waals surface area contributed by atoms with Crippen molar-refractivity contribution in [3.05, 3.63) is 185 Å². The monoisotopic (exact) mass is 2160 g/mol. The van der Waals surface area contributed by atoms with Crippen LogP contribution in [-0.2, 0) is 144 Å². The summed E-state index contributed by atoms with van der Waals surface area (Å²) in [4.78, 5) is 274. The minimum absolute atomic E-state index is 0.000634. The SMILES string of the molecule is CSCCC(NC(=O)OCCOCCO[N+](=O)[O-])C(=O)OCCCCO[N+](=O)[O-].O=C(CC(Cc1cnc[nH]1)C(=O)OCCCCO[N+](=O)[O-])OCCCCO[N+](=O)[O-].O=C(CCCCCO[N+](=O)[O-])C1CCCN1C(=O)OCCCCO[N+](=O)[O-].O=C(NC(CCc1ccccc1)C(=O)OCCOCCO[N+](=O)[O-])OCCCCO[N+](=O)[O-].O=C(Oc1cccc(CCCO[N+](=O)[O-])c1)C1CCCN1C(=O)CCCO[N+](=O)[O-]. The molecule has 0 aliphatic carbocycles. The van der Waals surface area contributed by atoms with Crippen LogP contribution >= 0.6 is 11.8 Å². The molecule has 838 valence electrons. The number of thioether (sulfide) groups is 1. The predicted molar refractivity (Wildman–Crippen MR) is 495 cm³/mol. The Morgan fingerprint density at radius 1 is 0.403 bits per heavy atom. The number of hydrogen-bond acceptors (Lipinski definition) is 52. The highest BCUT2D eigenvalue weighted by Crippen LogP contribution is 2.25. The molecule has 2 saturated heterocycles. The number of Topliss-reactive ketones (excluding diaryl/α,β-unsaturated/α-hetero) is 1. The predicted octanol–water partition coefficient (Wildman–Crippen LogP) is 6.71. The largest absolute Gasteiger partial charge is 0.466 e. The molecule has 2 aliphatic heterocycles. The van der Waals surface area contributed by atoms with E-state index in [9.17, 15) is 149 Å². The van der Waals surface area contributed by atoms with Crippen LogP contribution < -0.4 is 15.4 Å². The zero-order valence-electron chi connectivity index (χ0n) is 81.4. The van der Waals surface area contributed by atoms with Crippen molar-refractivity contribution in [3.63, 3.8) is 0 Å². The van der Waals surface area contributed by atoms with Crippen LogP contribution in [0.5, 0.6) is 5.75 Å². The van der Waals surface area contributed by atoms with Crippen LogP contribution in [0.4, 0.5) is 14.4 Å². The number of aromatic amines is 1. The lowest BCUT2D eigenvalue weighted by Crippen LogP contribution is -2.43. The number of nitrogens with zero attached hydrogens (tertiary/aromatic N) is 13. The van der Waals surface area contributed by atoms with Gasteiger partial charge in [-0.05, 0) is 177 Å². The second kappa shape index (κ2) is 84.4. The first-order chi connectivity index (χ1) is 71.4. The number of ketones is 1. The number of H-pyrrole nitrogens is 1. The lowest BCUT2D eigenvalue weighted by Gasteiger charge is -2.23. The van der Waals surface area contributed by atoms with Crippen LogP contribution in [0.2, 0.25) is 0 Å². The maximum Gasteiger partial charge on any atom is 0.410 e. The van der Waals surface area contributed by atoms with Crippen molar-refractivity contribution >= 4 is 71.6 Å². The molecule has 3 heterocycles. The average molecular weight is 2170 g/mol. The number of imidazole rings is 1. The number of alkyl carbamates (subject to hydrolysis) is 2. The number of nitrogens with one attached hydrogen (secondary N) is 3. The van der Waals surface area contributed by atoms with E-state index < -0.39 is 129 Å². The molecule has 5 unspecified atom stereocenters. The van der Waals surface area contributed by atoms with Gasteiger partial charge in [0.15, 0.2) is 5.78 Å². The van der Waals surface area contributed by atoms with E-state index in [1.165, 1.54) is 34.1 Å². The highest BCUT2D eigenvalue weighted by Gasteiger charge is 2.37. The summed E-state index contributed by atoms with van der Waals surface area (Å²) in [7, 11) is 0. The minimum Gasteiger partial charge on any atom is -0.466 e. The van der Waals surface area contributed by atoms with Gasteiger partial charge >= 0.3 is 48.1 Å². The number of aryl methyl sites for hydroxylation is 2. The molecule has 3 aromatic rings. The first-order valence-corrected chi connectivity index (χ1v) is 47.8. The topological polar surface area (TPSA) is 846 Å². The standard InChI is InChI=1S/C19H27N3O11.C18H23N3O9.C16H24N4O10.C15H25N3O9.C14H25N3O11S/c23-18(30-14-12-29-13-15-33-22(27)28)17(9-8-16-6-2-1-3-7-16)20-19(24)31-10-4-5-11-32-21(25)26;22-17(9-4-12-29-21(26)27)19-10-2-8-16(19)18(23)30-15-7-1-5-14(13-15)6-3-11-28-20(24)25;21-15(27-5-1-3-7-29-19(23)24)10-13(9-14-11-17-12-18-14)16(22)28-6-2-4-8-30-20(25)26;19-14(8-2-1-3-11-26-17(21)22)13-7-6-9-16(13)15(20)25-10-4-5-12-27-18(23)24;1-29-11-4-12(13(18)25-5-2-3-6-27-16(20)21)15-14(19)26-9-7-24-8-10-28-17(22)23/h1-3,6-7,17H,4-5,8-15H2,(H,20,24);1,5,7,13,16H,2-4,6,8-12H2;11-13H,1-10H2,(H,17,18);13H,1-12H2;12H,2-11H2,1H3,(H,15,19). The number of aromatic nitrogens is 2. The Morgan fingerprint density at radius 3 is 1.30 bits per heavy atom. The smallest absolute Gasteiger partial charge is 0.410 e. The van der Waals surface area contributed by atoms with E-state index in [1.54, 1.807) is 18.2 Å². The quantitative estimate of drug-likeness (QED) is 0.0132. The van der Waals surface area contributed by atoms with E-state index in [0.717, 1.165) is 17.5 Å². The van der Waals surface area contributed by atoms with Gasteiger partial charge < -0.3 is 116 Å². The number of benzene rings is 2. The lowest BCUT2D eigenvalue weighted by molar-refractivity contribution is -0.758. The molecular formula is C82H124N16O50S. The summed E-state index contributed by atoms with van der Waals surface area (Å²) >= 11 is 1.48. The molecule has 66 nitrogen and oxygen atoms in total. The third kappa shape index (κ3) is 73.9. The van der Waals surface area contributed by atoms with Gasteiger partial charge in [-0.2, -0.15) is 11.8 Å². The number of esters is 5. The third-order valence-electron chi connectivity index (χ3n) is 19.4. The molecule has 2 aromatic carbocycles. The number of ether oxygens (including phenoxy) is 10. The summed E-state index contributed by atoms with van der Waals surface area (Å²) in [5, 5.41) is 96.3. The summed E-state index contributed by atoms with van der Waals surface area (Å²) in [6.45, 7) is -0.361. The van der Waals surface area contributed by atoms with Crippen LogP contribution in [0.1, 0.15) is 171 Å². The molecule has 149 heavy (non-hydrogen) atoms.